The van der Waals surface area contributed by atoms with Crippen molar-refractivity contribution >= 4 is 0 Å². The lowest BCUT2D eigenvalue weighted by atomic mass is 10.0. The standard InChI is InChI=1S/C9H19N.FH/c1-8(2)7-9-5-4-6-10(9)3;/h8-9H,4-7H2,1-3H3;1H/t9-;/m0./s1. The van der Waals surface area contributed by atoms with Gasteiger partial charge in [0.25, 0.3) is 0 Å². The minimum Gasteiger partial charge on any atom is -0.303 e. The third-order valence-corrected chi connectivity index (χ3v) is 2.41. The van der Waals surface area contributed by atoms with Crippen molar-refractivity contribution in [2.45, 2.75) is 39.2 Å². The molecule has 1 nitrogen and oxygen atoms in total. The van der Waals surface area contributed by atoms with Crippen molar-refractivity contribution in [1.29, 1.82) is 0 Å². The summed E-state index contributed by atoms with van der Waals surface area (Å²) in [5.41, 5.74) is 0. The number of hydrogen-bond donors (Lipinski definition) is 0. The molecule has 1 atom stereocenters. The van der Waals surface area contributed by atoms with E-state index in [0.29, 0.717) is 0 Å². The molecule has 0 amide bonds. The van der Waals surface area contributed by atoms with Gasteiger partial charge in [-0.05, 0) is 38.8 Å². The highest BCUT2D eigenvalue weighted by molar-refractivity contribution is 4.76. The lowest BCUT2D eigenvalue weighted by molar-refractivity contribution is 0.272. The molecule has 1 aliphatic heterocycles. The van der Waals surface area contributed by atoms with Crippen LogP contribution < -0.4 is 0 Å². The second-order valence-corrected chi connectivity index (χ2v) is 3.91. The van der Waals surface area contributed by atoms with Crippen LogP contribution in [0.25, 0.3) is 0 Å². The maximum absolute atomic E-state index is 2.50. The van der Waals surface area contributed by atoms with Crippen LogP contribution in [0, 0.1) is 5.92 Å². The molecule has 1 saturated heterocycles. The predicted octanol–water partition coefficient (Wildman–Crippen LogP) is 2.28. The van der Waals surface area contributed by atoms with Crippen LogP contribution in [0.3, 0.4) is 0 Å². The van der Waals surface area contributed by atoms with Gasteiger partial charge < -0.3 is 4.90 Å². The van der Waals surface area contributed by atoms with Crippen LogP contribution in [0.4, 0.5) is 4.70 Å². The van der Waals surface area contributed by atoms with Crippen molar-refractivity contribution in [2.75, 3.05) is 13.6 Å². The maximum Gasteiger partial charge on any atom is 0.00951 e. The second-order valence-electron chi connectivity index (χ2n) is 3.91. The van der Waals surface area contributed by atoms with Gasteiger partial charge >= 0.3 is 0 Å². The van der Waals surface area contributed by atoms with E-state index in [1.54, 1.807) is 0 Å². The van der Waals surface area contributed by atoms with E-state index in [1.165, 1.54) is 25.8 Å². The van der Waals surface area contributed by atoms with Crippen molar-refractivity contribution in [1.82, 2.24) is 4.90 Å². The van der Waals surface area contributed by atoms with Crippen LogP contribution in [0.5, 0.6) is 0 Å². The molecule has 1 fully saturated rings. The molecule has 0 aromatic heterocycles. The summed E-state index contributed by atoms with van der Waals surface area (Å²) in [6.07, 6.45) is 4.22. The first-order valence-electron chi connectivity index (χ1n) is 4.40. The Morgan fingerprint density at radius 3 is 2.45 bits per heavy atom. The molecular formula is C9H20FN. The fourth-order valence-corrected chi connectivity index (χ4v) is 1.82. The maximum atomic E-state index is 2.50. The number of likely N-dealkylation sites (tertiary alicyclic amines) is 1. The summed E-state index contributed by atoms with van der Waals surface area (Å²) in [5.74, 6) is 0.866. The van der Waals surface area contributed by atoms with Crippen LogP contribution in [-0.4, -0.2) is 24.5 Å². The summed E-state index contributed by atoms with van der Waals surface area (Å²) >= 11 is 0. The van der Waals surface area contributed by atoms with Gasteiger partial charge in [-0.2, -0.15) is 0 Å². The first-order valence-corrected chi connectivity index (χ1v) is 4.40. The molecule has 0 saturated carbocycles. The zero-order valence-electron chi connectivity index (χ0n) is 7.84. The summed E-state index contributed by atoms with van der Waals surface area (Å²) < 4.78 is 0. The molecule has 2 heteroatoms. The minimum atomic E-state index is 0. The van der Waals surface area contributed by atoms with Crippen LogP contribution in [0.2, 0.25) is 0 Å². The van der Waals surface area contributed by atoms with Gasteiger partial charge in [0.2, 0.25) is 0 Å². The topological polar surface area (TPSA) is 3.24 Å². The van der Waals surface area contributed by atoms with Crippen molar-refractivity contribution in [2.24, 2.45) is 5.92 Å². The minimum absolute atomic E-state index is 0. The molecule has 11 heavy (non-hydrogen) atoms. The van der Waals surface area contributed by atoms with E-state index in [9.17, 15) is 0 Å². The van der Waals surface area contributed by atoms with Gasteiger partial charge in [-0.1, -0.05) is 13.8 Å². The molecule has 1 heterocycles. The molecule has 0 bridgehead atoms. The molecule has 0 N–H and O–H groups in total. The van der Waals surface area contributed by atoms with E-state index in [2.05, 4.69) is 25.8 Å². The van der Waals surface area contributed by atoms with E-state index in [0.717, 1.165) is 12.0 Å². The summed E-state index contributed by atoms with van der Waals surface area (Å²) in [6.45, 7) is 5.94. The molecule has 1 aliphatic rings. The Kier molecular flexibility index (Phi) is 4.66. The molecule has 0 radical (unpaired) electrons. The van der Waals surface area contributed by atoms with E-state index in [1.807, 2.05) is 0 Å². The first kappa shape index (κ1) is 10.9. The molecule has 1 rings (SSSR count). The highest BCUT2D eigenvalue weighted by atomic mass is 19.0. The molecular weight excluding hydrogens is 141 g/mol. The smallest absolute Gasteiger partial charge is 0.00951 e. The predicted molar refractivity (Wildman–Crippen MR) is 47.6 cm³/mol. The second kappa shape index (κ2) is 4.70. The number of halogens is 1. The van der Waals surface area contributed by atoms with Crippen LogP contribution in [0.1, 0.15) is 33.1 Å². The molecule has 0 aromatic carbocycles. The van der Waals surface area contributed by atoms with Crippen LogP contribution in [-0.2, 0) is 0 Å². The fraction of sp³-hybridized carbons (Fsp3) is 1.00. The molecule has 0 aromatic rings. The van der Waals surface area contributed by atoms with E-state index in [4.69, 9.17) is 0 Å². The van der Waals surface area contributed by atoms with Crippen molar-refractivity contribution in [3.05, 3.63) is 0 Å². The average molecular weight is 161 g/mol. The largest absolute Gasteiger partial charge is 0.303 e. The lowest BCUT2D eigenvalue weighted by Gasteiger charge is -2.20. The van der Waals surface area contributed by atoms with Gasteiger partial charge in [-0.3, -0.25) is 4.70 Å². The Morgan fingerprint density at radius 1 is 1.45 bits per heavy atom. The van der Waals surface area contributed by atoms with E-state index >= 15 is 0 Å². The van der Waals surface area contributed by atoms with E-state index < -0.39 is 0 Å². The normalized spacial score (nSPS) is 25.6. The molecule has 0 spiro atoms. The Morgan fingerprint density at radius 2 is 2.09 bits per heavy atom. The quantitative estimate of drug-likeness (QED) is 0.600. The zero-order valence-corrected chi connectivity index (χ0v) is 7.84. The number of rotatable bonds is 2. The van der Waals surface area contributed by atoms with Crippen molar-refractivity contribution < 1.29 is 4.70 Å². The first-order chi connectivity index (χ1) is 4.70. The Balaban J connectivity index is 0.000001000. The van der Waals surface area contributed by atoms with Crippen LogP contribution in [0.15, 0.2) is 0 Å². The summed E-state index contributed by atoms with van der Waals surface area (Å²) in [7, 11) is 2.25. The SMILES string of the molecule is CC(C)C[C@@H]1CCCN1C.F. The summed E-state index contributed by atoms with van der Waals surface area (Å²) in [5, 5.41) is 0. The zero-order chi connectivity index (χ0) is 7.56. The van der Waals surface area contributed by atoms with Gasteiger partial charge in [0.1, 0.15) is 0 Å². The highest BCUT2D eigenvalue weighted by Gasteiger charge is 2.20. The Bertz CT molecular complexity index is 104. The van der Waals surface area contributed by atoms with Gasteiger partial charge in [-0.25, -0.2) is 0 Å². The van der Waals surface area contributed by atoms with Gasteiger partial charge in [0.05, 0.1) is 0 Å². The van der Waals surface area contributed by atoms with Gasteiger partial charge in [-0.15, -0.1) is 0 Å². The van der Waals surface area contributed by atoms with Gasteiger partial charge in [0.15, 0.2) is 0 Å². The third-order valence-electron chi connectivity index (χ3n) is 2.41. The molecule has 68 valence electrons. The number of hydrogen-bond acceptors (Lipinski definition) is 1. The fourth-order valence-electron chi connectivity index (χ4n) is 1.82. The van der Waals surface area contributed by atoms with Crippen LogP contribution >= 0.6 is 0 Å². The number of nitrogens with zero attached hydrogens (tertiary/aromatic N) is 1. The summed E-state index contributed by atoms with van der Waals surface area (Å²) in [4.78, 5) is 2.50. The summed E-state index contributed by atoms with van der Waals surface area (Å²) in [6, 6.07) is 0.889. The third kappa shape index (κ3) is 3.19. The molecule has 0 unspecified atom stereocenters. The highest BCUT2D eigenvalue weighted by Crippen LogP contribution is 2.20. The van der Waals surface area contributed by atoms with Crippen molar-refractivity contribution in [3.63, 3.8) is 0 Å². The Hall–Kier alpha value is -0.110. The lowest BCUT2D eigenvalue weighted by Crippen LogP contribution is -2.25. The monoisotopic (exact) mass is 161 g/mol. The van der Waals surface area contributed by atoms with Crippen molar-refractivity contribution in [3.8, 4) is 0 Å². The average Bonchev–Trinajstić information content (AvgIpc) is 2.15. The Labute approximate surface area is 69.1 Å². The van der Waals surface area contributed by atoms with Gasteiger partial charge in [0, 0.05) is 6.04 Å². The molecule has 0 aliphatic carbocycles. The van der Waals surface area contributed by atoms with E-state index in [-0.39, 0.29) is 4.70 Å².